The Bertz CT molecular complexity index is 1360. The van der Waals surface area contributed by atoms with Crippen LogP contribution in [0.5, 0.6) is 23.0 Å². The standard InChI is InChI=1S/C33H32O6/c1-23(27-10-18-31(19-11-27)39-33(37)21-9-25-4-14-29(35)15-5-25)22-26-6-16-30(17-7-26)38-32(36)20-8-24-2-12-28(34)13-3-24/h2-7,10-19,23,34-35H,8-9,20-22H2,1H3. The lowest BCUT2D eigenvalue weighted by Gasteiger charge is -2.13. The van der Waals surface area contributed by atoms with Crippen LogP contribution >= 0.6 is 0 Å². The van der Waals surface area contributed by atoms with Crippen LogP contribution in [0.4, 0.5) is 0 Å². The summed E-state index contributed by atoms with van der Waals surface area (Å²) in [6, 6.07) is 28.7. The minimum absolute atomic E-state index is 0.201. The van der Waals surface area contributed by atoms with Crippen molar-refractivity contribution in [2.24, 2.45) is 0 Å². The maximum absolute atomic E-state index is 12.2. The van der Waals surface area contributed by atoms with Gasteiger partial charge in [0.05, 0.1) is 0 Å². The number of hydrogen-bond acceptors (Lipinski definition) is 6. The van der Waals surface area contributed by atoms with Crippen LogP contribution < -0.4 is 9.47 Å². The van der Waals surface area contributed by atoms with Gasteiger partial charge in [0.1, 0.15) is 23.0 Å². The molecular weight excluding hydrogens is 492 g/mol. The Morgan fingerprint density at radius 3 is 1.41 bits per heavy atom. The minimum atomic E-state index is -0.301. The van der Waals surface area contributed by atoms with Gasteiger partial charge in [0, 0.05) is 12.8 Å². The molecule has 0 bridgehead atoms. The van der Waals surface area contributed by atoms with E-state index in [0.29, 0.717) is 24.3 Å². The molecule has 0 fully saturated rings. The van der Waals surface area contributed by atoms with E-state index in [1.165, 1.54) is 0 Å². The number of carbonyl (C=O) groups excluding carboxylic acids is 2. The van der Waals surface area contributed by atoms with E-state index in [-0.39, 0.29) is 42.2 Å². The van der Waals surface area contributed by atoms with Crippen LogP contribution in [0.2, 0.25) is 0 Å². The van der Waals surface area contributed by atoms with E-state index < -0.39 is 0 Å². The monoisotopic (exact) mass is 524 g/mol. The first kappa shape index (κ1) is 27.5. The van der Waals surface area contributed by atoms with Crippen molar-refractivity contribution in [3.63, 3.8) is 0 Å². The SMILES string of the molecule is CC(Cc1ccc(OC(=O)CCc2ccc(O)cc2)cc1)c1ccc(OC(=O)CCc2ccc(O)cc2)cc1. The molecule has 39 heavy (non-hydrogen) atoms. The van der Waals surface area contributed by atoms with Crippen molar-refractivity contribution >= 4 is 11.9 Å². The van der Waals surface area contributed by atoms with Gasteiger partial charge in [0.15, 0.2) is 0 Å². The first-order valence-corrected chi connectivity index (χ1v) is 13.0. The highest BCUT2D eigenvalue weighted by molar-refractivity contribution is 5.73. The smallest absolute Gasteiger partial charge is 0.311 e. The predicted octanol–water partition coefficient (Wildman–Crippen LogP) is 6.52. The van der Waals surface area contributed by atoms with E-state index in [4.69, 9.17) is 9.47 Å². The molecule has 0 aliphatic carbocycles. The van der Waals surface area contributed by atoms with Gasteiger partial charge in [0.2, 0.25) is 0 Å². The molecule has 4 rings (SSSR count). The van der Waals surface area contributed by atoms with Crippen LogP contribution in [0, 0.1) is 0 Å². The topological polar surface area (TPSA) is 93.1 Å². The molecular formula is C33H32O6. The van der Waals surface area contributed by atoms with Crippen LogP contribution in [-0.2, 0) is 28.9 Å². The van der Waals surface area contributed by atoms with Crippen LogP contribution in [0.1, 0.15) is 47.9 Å². The molecule has 0 aliphatic heterocycles. The first-order chi connectivity index (χ1) is 18.8. The Morgan fingerprint density at radius 2 is 0.974 bits per heavy atom. The zero-order chi connectivity index (χ0) is 27.6. The summed E-state index contributed by atoms with van der Waals surface area (Å²) in [6.45, 7) is 2.13. The fourth-order valence-electron chi connectivity index (χ4n) is 4.21. The molecule has 6 nitrogen and oxygen atoms in total. The highest BCUT2D eigenvalue weighted by Crippen LogP contribution is 2.25. The lowest BCUT2D eigenvalue weighted by atomic mass is 9.94. The number of phenolic OH excluding ortho intramolecular Hbond substituents is 2. The van der Waals surface area contributed by atoms with Crippen molar-refractivity contribution in [2.75, 3.05) is 0 Å². The maximum Gasteiger partial charge on any atom is 0.311 e. The second kappa shape index (κ2) is 13.3. The average molecular weight is 525 g/mol. The molecule has 6 heteroatoms. The third-order valence-corrected chi connectivity index (χ3v) is 6.49. The molecule has 0 saturated carbocycles. The number of ether oxygens (including phenoxy) is 2. The maximum atomic E-state index is 12.2. The quantitative estimate of drug-likeness (QED) is 0.171. The molecule has 0 aliphatic rings. The Kier molecular flexibility index (Phi) is 9.35. The highest BCUT2D eigenvalue weighted by atomic mass is 16.5. The van der Waals surface area contributed by atoms with E-state index in [1.807, 2.05) is 36.4 Å². The van der Waals surface area contributed by atoms with Gasteiger partial charge in [-0.3, -0.25) is 9.59 Å². The summed E-state index contributed by atoms with van der Waals surface area (Å²) in [5, 5.41) is 18.7. The summed E-state index contributed by atoms with van der Waals surface area (Å²) in [6.07, 6.45) is 2.42. The Hall–Kier alpha value is -4.58. The fourth-order valence-corrected chi connectivity index (χ4v) is 4.21. The number of phenols is 2. The van der Waals surface area contributed by atoms with Gasteiger partial charge < -0.3 is 19.7 Å². The molecule has 0 radical (unpaired) electrons. The summed E-state index contributed by atoms with van der Waals surface area (Å²) in [4.78, 5) is 24.4. The number of esters is 2. The summed E-state index contributed by atoms with van der Waals surface area (Å²) in [5.74, 6) is 1.06. The average Bonchev–Trinajstić information content (AvgIpc) is 2.94. The van der Waals surface area contributed by atoms with Crippen molar-refractivity contribution in [3.05, 3.63) is 119 Å². The van der Waals surface area contributed by atoms with Gasteiger partial charge in [-0.2, -0.15) is 0 Å². The van der Waals surface area contributed by atoms with Crippen LogP contribution in [0.15, 0.2) is 97.1 Å². The largest absolute Gasteiger partial charge is 0.508 e. The van der Waals surface area contributed by atoms with Crippen LogP contribution in [0.3, 0.4) is 0 Å². The highest BCUT2D eigenvalue weighted by Gasteiger charge is 2.11. The van der Waals surface area contributed by atoms with Crippen molar-refractivity contribution in [3.8, 4) is 23.0 Å². The zero-order valence-electron chi connectivity index (χ0n) is 21.9. The summed E-state index contributed by atoms with van der Waals surface area (Å²) >= 11 is 0. The Labute approximate surface area is 228 Å². The number of hydrogen-bond donors (Lipinski definition) is 2. The number of rotatable bonds is 11. The summed E-state index contributed by atoms with van der Waals surface area (Å²) in [7, 11) is 0. The van der Waals surface area contributed by atoms with Gasteiger partial charge in [0.25, 0.3) is 0 Å². The number of benzene rings is 4. The molecule has 0 saturated heterocycles. The second-order valence-electron chi connectivity index (χ2n) is 9.60. The minimum Gasteiger partial charge on any atom is -0.508 e. The van der Waals surface area contributed by atoms with Gasteiger partial charge >= 0.3 is 11.9 Å². The van der Waals surface area contributed by atoms with Gasteiger partial charge in [-0.25, -0.2) is 0 Å². The van der Waals surface area contributed by atoms with Crippen molar-refractivity contribution in [1.29, 1.82) is 0 Å². The van der Waals surface area contributed by atoms with Gasteiger partial charge in [-0.05, 0) is 96.0 Å². The lowest BCUT2D eigenvalue weighted by molar-refractivity contribution is -0.135. The molecule has 2 N–H and O–H groups in total. The van der Waals surface area contributed by atoms with E-state index in [1.54, 1.807) is 60.7 Å². The molecule has 1 unspecified atom stereocenters. The predicted molar refractivity (Wildman–Crippen MR) is 149 cm³/mol. The molecule has 0 aromatic heterocycles. The van der Waals surface area contributed by atoms with Crippen molar-refractivity contribution < 1.29 is 29.3 Å². The first-order valence-electron chi connectivity index (χ1n) is 13.0. The fraction of sp³-hybridized carbons (Fsp3) is 0.212. The molecule has 4 aromatic rings. The van der Waals surface area contributed by atoms with Gasteiger partial charge in [-0.1, -0.05) is 55.5 Å². The molecule has 0 spiro atoms. The van der Waals surface area contributed by atoms with E-state index in [9.17, 15) is 19.8 Å². The molecule has 0 amide bonds. The normalized spacial score (nSPS) is 11.5. The van der Waals surface area contributed by atoms with Crippen molar-refractivity contribution in [2.45, 2.75) is 44.9 Å². The zero-order valence-corrected chi connectivity index (χ0v) is 21.9. The van der Waals surface area contributed by atoms with Gasteiger partial charge in [-0.15, -0.1) is 0 Å². The molecule has 4 aromatic carbocycles. The van der Waals surface area contributed by atoms with E-state index in [2.05, 4.69) is 6.92 Å². The third kappa shape index (κ3) is 8.75. The van der Waals surface area contributed by atoms with Crippen LogP contribution in [0.25, 0.3) is 0 Å². The summed E-state index contributed by atoms with van der Waals surface area (Å²) < 4.78 is 10.9. The van der Waals surface area contributed by atoms with Crippen molar-refractivity contribution in [1.82, 2.24) is 0 Å². The third-order valence-electron chi connectivity index (χ3n) is 6.49. The second-order valence-corrected chi connectivity index (χ2v) is 9.60. The van der Waals surface area contributed by atoms with E-state index in [0.717, 1.165) is 28.7 Å². The van der Waals surface area contributed by atoms with Crippen LogP contribution in [-0.4, -0.2) is 22.2 Å². The summed E-state index contributed by atoms with van der Waals surface area (Å²) in [5.41, 5.74) is 4.18. The Morgan fingerprint density at radius 1 is 0.590 bits per heavy atom. The Balaban J connectivity index is 1.21. The molecule has 0 heterocycles. The van der Waals surface area contributed by atoms with E-state index >= 15 is 0 Å². The number of aromatic hydroxyl groups is 2. The number of carbonyl (C=O) groups is 2. The number of aryl methyl sites for hydroxylation is 2. The molecule has 200 valence electrons. The lowest BCUT2D eigenvalue weighted by Crippen LogP contribution is -2.09. The molecule has 1 atom stereocenters.